The van der Waals surface area contributed by atoms with Crippen molar-refractivity contribution in [2.24, 2.45) is 0 Å². The lowest BCUT2D eigenvalue weighted by Gasteiger charge is -2.17. The lowest BCUT2D eigenvalue weighted by Crippen LogP contribution is -2.33. The van der Waals surface area contributed by atoms with Crippen LogP contribution in [0, 0.1) is 0 Å². The van der Waals surface area contributed by atoms with E-state index in [2.05, 4.69) is 0 Å². The van der Waals surface area contributed by atoms with Gasteiger partial charge in [-0.25, -0.2) is 4.79 Å². The smallest absolute Gasteiger partial charge is 0.338 e. The second-order valence-electron chi connectivity index (χ2n) is 8.85. The molecule has 0 aromatic rings. The number of ether oxygens (including phenoxy) is 5. The van der Waals surface area contributed by atoms with Gasteiger partial charge in [0.1, 0.15) is 0 Å². The molecule has 0 aromatic heterocycles. The van der Waals surface area contributed by atoms with E-state index in [0.717, 1.165) is 32.3 Å². The molecular weight excluding hydrogens is 360 g/mol. The van der Waals surface area contributed by atoms with Gasteiger partial charge < -0.3 is 23.7 Å². The Kier molecular flexibility index (Phi) is 9.19. The summed E-state index contributed by atoms with van der Waals surface area (Å²) in [6.07, 6.45) is 9.78. The fraction of sp³-hybridized carbons (Fsp3) is 0.955. The van der Waals surface area contributed by atoms with Gasteiger partial charge in [-0.15, -0.1) is 0 Å². The fourth-order valence-corrected chi connectivity index (χ4v) is 3.98. The van der Waals surface area contributed by atoms with Crippen molar-refractivity contribution in [3.05, 3.63) is 0 Å². The zero-order chi connectivity index (χ0) is 20.6. The molecule has 0 amide bonds. The van der Waals surface area contributed by atoms with Crippen LogP contribution < -0.4 is 0 Å². The lowest BCUT2D eigenvalue weighted by molar-refractivity contribution is -0.170. The normalized spacial score (nSPS) is 28.5. The standard InChI is InChI=1S/C22H40O6/c1-6-24-20(23)19-18(27-22(4,5)28-19)15-13-11-9-7-8-10-12-14-17-16-25-21(2,3)26-17/h17-19H,6-16H2,1-5H3/t17-,18-,19+/m0/s1. The third-order valence-electron chi connectivity index (χ3n) is 5.28. The topological polar surface area (TPSA) is 63.2 Å². The first-order valence-electron chi connectivity index (χ1n) is 11.1. The van der Waals surface area contributed by atoms with Crippen molar-refractivity contribution in [3.63, 3.8) is 0 Å². The highest BCUT2D eigenvalue weighted by Gasteiger charge is 2.45. The number of esters is 1. The molecule has 2 fully saturated rings. The summed E-state index contributed by atoms with van der Waals surface area (Å²) in [5.41, 5.74) is 0. The van der Waals surface area contributed by atoms with Gasteiger partial charge in [-0.05, 0) is 47.5 Å². The molecule has 6 nitrogen and oxygen atoms in total. The number of unbranched alkanes of at least 4 members (excludes halogenated alkanes) is 6. The number of rotatable bonds is 12. The molecule has 6 heteroatoms. The van der Waals surface area contributed by atoms with Gasteiger partial charge in [0.25, 0.3) is 0 Å². The minimum Gasteiger partial charge on any atom is -0.464 e. The van der Waals surface area contributed by atoms with Gasteiger partial charge in [0.05, 0.1) is 25.4 Å². The Bertz CT molecular complexity index is 476. The van der Waals surface area contributed by atoms with Crippen LogP contribution in [0.25, 0.3) is 0 Å². The van der Waals surface area contributed by atoms with Crippen LogP contribution in [0.1, 0.15) is 92.4 Å². The van der Waals surface area contributed by atoms with Crippen LogP contribution in [0.4, 0.5) is 0 Å². The molecule has 0 N–H and O–H groups in total. The van der Waals surface area contributed by atoms with E-state index in [4.69, 9.17) is 23.7 Å². The molecule has 164 valence electrons. The molecule has 2 aliphatic rings. The Morgan fingerprint density at radius 2 is 1.46 bits per heavy atom. The van der Waals surface area contributed by atoms with Crippen LogP contribution >= 0.6 is 0 Å². The maximum absolute atomic E-state index is 12.1. The Labute approximate surface area is 170 Å². The molecule has 0 aliphatic carbocycles. The molecule has 2 rings (SSSR count). The molecule has 2 aliphatic heterocycles. The number of carbonyl (C=O) groups excluding carboxylic acids is 1. The molecule has 0 spiro atoms. The Hall–Kier alpha value is -0.690. The van der Waals surface area contributed by atoms with Gasteiger partial charge in [-0.2, -0.15) is 0 Å². The molecule has 0 radical (unpaired) electrons. The van der Waals surface area contributed by atoms with E-state index in [9.17, 15) is 4.79 Å². The van der Waals surface area contributed by atoms with Crippen LogP contribution in [-0.4, -0.2) is 49.1 Å². The highest BCUT2D eigenvalue weighted by molar-refractivity contribution is 5.75. The summed E-state index contributed by atoms with van der Waals surface area (Å²) in [5, 5.41) is 0. The number of hydrogen-bond acceptors (Lipinski definition) is 6. The third kappa shape index (κ3) is 7.97. The first-order chi connectivity index (χ1) is 13.2. The molecule has 28 heavy (non-hydrogen) atoms. The summed E-state index contributed by atoms with van der Waals surface area (Å²) in [4.78, 5) is 12.1. The average Bonchev–Trinajstić information content (AvgIpc) is 3.11. The van der Waals surface area contributed by atoms with Crippen molar-refractivity contribution in [3.8, 4) is 0 Å². The van der Waals surface area contributed by atoms with Crippen LogP contribution in [-0.2, 0) is 28.5 Å². The minimum atomic E-state index is -0.717. The lowest BCUT2D eigenvalue weighted by atomic mass is 10.0. The molecule has 0 aromatic carbocycles. The van der Waals surface area contributed by atoms with Crippen molar-refractivity contribution >= 4 is 5.97 Å². The third-order valence-corrected chi connectivity index (χ3v) is 5.28. The monoisotopic (exact) mass is 400 g/mol. The van der Waals surface area contributed by atoms with Crippen LogP contribution in [0.3, 0.4) is 0 Å². The number of hydrogen-bond donors (Lipinski definition) is 0. The molecule has 3 atom stereocenters. The Morgan fingerprint density at radius 1 is 0.857 bits per heavy atom. The minimum absolute atomic E-state index is 0.202. The summed E-state index contributed by atoms with van der Waals surface area (Å²) < 4.78 is 28.2. The van der Waals surface area contributed by atoms with Gasteiger partial charge in [-0.1, -0.05) is 44.9 Å². The predicted octanol–water partition coefficient (Wildman–Crippen LogP) is 4.73. The Balaban J connectivity index is 1.50. The van der Waals surface area contributed by atoms with E-state index in [1.54, 1.807) is 0 Å². The Morgan fingerprint density at radius 3 is 2.04 bits per heavy atom. The van der Waals surface area contributed by atoms with Gasteiger partial charge in [0, 0.05) is 0 Å². The van der Waals surface area contributed by atoms with Crippen LogP contribution in [0.15, 0.2) is 0 Å². The highest BCUT2D eigenvalue weighted by Crippen LogP contribution is 2.32. The first kappa shape index (κ1) is 23.6. The van der Waals surface area contributed by atoms with E-state index in [1.165, 1.54) is 32.1 Å². The van der Waals surface area contributed by atoms with E-state index in [-0.39, 0.29) is 18.2 Å². The van der Waals surface area contributed by atoms with E-state index in [0.29, 0.717) is 6.61 Å². The molecule has 2 heterocycles. The van der Waals surface area contributed by atoms with Gasteiger partial charge in [-0.3, -0.25) is 0 Å². The molecule has 0 bridgehead atoms. The van der Waals surface area contributed by atoms with E-state index in [1.807, 2.05) is 34.6 Å². The van der Waals surface area contributed by atoms with Crippen molar-refractivity contribution in [1.29, 1.82) is 0 Å². The second-order valence-corrected chi connectivity index (χ2v) is 8.85. The van der Waals surface area contributed by atoms with Crippen molar-refractivity contribution in [1.82, 2.24) is 0 Å². The van der Waals surface area contributed by atoms with Crippen LogP contribution in [0.5, 0.6) is 0 Å². The summed E-state index contributed by atoms with van der Waals surface area (Å²) in [6, 6.07) is 0. The molecule has 2 saturated heterocycles. The predicted molar refractivity (Wildman–Crippen MR) is 107 cm³/mol. The highest BCUT2D eigenvalue weighted by atomic mass is 16.8. The largest absolute Gasteiger partial charge is 0.464 e. The zero-order valence-electron chi connectivity index (χ0n) is 18.5. The molecule has 0 saturated carbocycles. The summed E-state index contributed by atoms with van der Waals surface area (Å²) in [5.74, 6) is -1.43. The van der Waals surface area contributed by atoms with Crippen molar-refractivity contribution < 1.29 is 28.5 Å². The molecular formula is C22H40O6. The summed E-state index contributed by atoms with van der Waals surface area (Å²) >= 11 is 0. The summed E-state index contributed by atoms with van der Waals surface area (Å²) in [6.45, 7) is 10.6. The maximum atomic E-state index is 12.1. The first-order valence-corrected chi connectivity index (χ1v) is 11.1. The fourth-order valence-electron chi connectivity index (χ4n) is 3.98. The van der Waals surface area contributed by atoms with Crippen molar-refractivity contribution in [2.45, 2.75) is 122 Å². The quantitative estimate of drug-likeness (QED) is 0.348. The second kappa shape index (κ2) is 10.9. The SMILES string of the molecule is CCOC(=O)[C@@H]1OC(C)(C)O[C@H]1CCCCCCCCC[C@H]1COC(C)(C)O1. The van der Waals surface area contributed by atoms with Gasteiger partial charge >= 0.3 is 5.97 Å². The average molecular weight is 401 g/mol. The van der Waals surface area contributed by atoms with Crippen molar-refractivity contribution in [2.75, 3.05) is 13.2 Å². The molecule has 0 unspecified atom stereocenters. The van der Waals surface area contributed by atoms with Gasteiger partial charge in [0.15, 0.2) is 17.7 Å². The summed E-state index contributed by atoms with van der Waals surface area (Å²) in [7, 11) is 0. The zero-order valence-corrected chi connectivity index (χ0v) is 18.5. The van der Waals surface area contributed by atoms with E-state index < -0.39 is 17.7 Å². The van der Waals surface area contributed by atoms with Gasteiger partial charge in [0.2, 0.25) is 0 Å². The number of carbonyl (C=O) groups is 1. The van der Waals surface area contributed by atoms with E-state index >= 15 is 0 Å². The maximum Gasteiger partial charge on any atom is 0.338 e. The van der Waals surface area contributed by atoms with Crippen LogP contribution in [0.2, 0.25) is 0 Å².